The highest BCUT2D eigenvalue weighted by atomic mass is 35.7. The van der Waals surface area contributed by atoms with E-state index in [2.05, 4.69) is 9.97 Å². The third-order valence-electron chi connectivity index (χ3n) is 4.69. The molecule has 0 radical (unpaired) electrons. The molecule has 1 aromatic carbocycles. The zero-order valence-electron chi connectivity index (χ0n) is 16.9. The van der Waals surface area contributed by atoms with Gasteiger partial charge in [-0.15, -0.1) is 10.2 Å². The first-order valence-corrected chi connectivity index (χ1v) is 10.5. The van der Waals surface area contributed by atoms with Crippen molar-refractivity contribution in [1.29, 1.82) is 0 Å². The number of nitrogens with zero attached hydrogens (tertiary/aromatic N) is 4. The Kier molecular flexibility index (Phi) is 7.76. The number of nitrogens with two attached hydrogens (primary N) is 1. The number of aromatic nitrogens is 4. The fourth-order valence-electron chi connectivity index (χ4n) is 3.13. The molecule has 0 saturated carbocycles. The van der Waals surface area contributed by atoms with Crippen molar-refractivity contribution in [3.63, 3.8) is 0 Å². The third kappa shape index (κ3) is 5.81. The number of benzene rings is 1. The molecule has 0 aliphatic carbocycles. The van der Waals surface area contributed by atoms with Gasteiger partial charge in [0.15, 0.2) is 12.8 Å². The number of fused-ring (bicyclic) bond motifs is 1. The van der Waals surface area contributed by atoms with E-state index < -0.39 is 53.0 Å². The molecule has 1 aliphatic rings. The average molecular weight is 510 g/mol. The van der Waals surface area contributed by atoms with Crippen LogP contribution in [0.15, 0.2) is 30.9 Å². The van der Waals surface area contributed by atoms with Gasteiger partial charge in [0, 0.05) is 5.56 Å². The molecule has 3 aromatic rings. The van der Waals surface area contributed by atoms with Crippen LogP contribution < -0.4 is 33.9 Å². The van der Waals surface area contributed by atoms with Gasteiger partial charge in [-0.1, -0.05) is 9.71 Å². The van der Waals surface area contributed by atoms with Crippen molar-refractivity contribution in [2.75, 3.05) is 12.3 Å². The zero-order chi connectivity index (χ0) is 25.2. The second-order valence-corrected chi connectivity index (χ2v) is 7.65. The lowest BCUT2D eigenvalue weighted by atomic mass is 10.1. The van der Waals surface area contributed by atoms with Crippen LogP contribution in [0.3, 0.4) is 0 Å². The van der Waals surface area contributed by atoms with E-state index in [-0.39, 0.29) is 29.2 Å². The van der Waals surface area contributed by atoms with E-state index in [0.29, 0.717) is 0 Å². The monoisotopic (exact) mass is 509 g/mol. The minimum Gasteiger partial charge on any atom is -0.394 e. The maximum Gasteiger partial charge on any atom is 0.289 e. The van der Waals surface area contributed by atoms with Crippen LogP contribution >= 0.6 is 0 Å². The minimum atomic E-state index is -4.94. The molecule has 4 atom stereocenters. The van der Waals surface area contributed by atoms with Crippen LogP contribution in [0.1, 0.15) is 11.8 Å². The standard InChI is InChI=1S/C17H17F2N5O5.ClHO4/c18-9-1-2-10(19)8(3-9)5-28-24-7-22-16-12(15(24)20)21-6-23(16)17-14(27)13(26)11(4-25)29-17;2-1(3,4)5/h1-3,6-7,11,13-14,17,20,25-27H,4-5H2;(H,2,3,4,5)/t11-,13-,14-,17-;/m1./s1. The lowest BCUT2D eigenvalue weighted by Gasteiger charge is -2.17. The maximum absolute atomic E-state index is 13.7. The van der Waals surface area contributed by atoms with Crippen molar-refractivity contribution >= 4 is 17.0 Å². The highest BCUT2D eigenvalue weighted by Crippen LogP contribution is 2.31. The van der Waals surface area contributed by atoms with E-state index >= 15 is 0 Å². The molecule has 1 aliphatic heterocycles. The van der Waals surface area contributed by atoms with Crippen LogP contribution in [-0.4, -0.2) is 54.8 Å². The second kappa shape index (κ2) is 10.2. The van der Waals surface area contributed by atoms with Gasteiger partial charge in [0.05, 0.1) is 6.61 Å². The SMILES string of the molecule is Nc1c2ncn([C@@H]3O[C@H](CO)[C@@H](O)[C@H]3O)c2nc[n+]1OCc1cc(F)ccc1F.[O-][Cl+3]([O-])([O-])[O-]. The van der Waals surface area contributed by atoms with Crippen LogP contribution in [0.2, 0.25) is 0 Å². The molecule has 0 spiro atoms. The van der Waals surface area contributed by atoms with Gasteiger partial charge in [-0.3, -0.25) is 4.57 Å². The number of imidazole rings is 1. The van der Waals surface area contributed by atoms with Crippen molar-refractivity contribution in [3.05, 3.63) is 48.1 Å². The van der Waals surface area contributed by atoms with Gasteiger partial charge >= 0.3 is 0 Å². The van der Waals surface area contributed by atoms with E-state index in [1.165, 1.54) is 17.2 Å². The first-order valence-electron chi connectivity index (χ1n) is 9.24. The number of hydrogen-bond acceptors (Lipinski definition) is 12. The predicted octanol–water partition coefficient (Wildman–Crippen LogP) is -5.94. The third-order valence-corrected chi connectivity index (χ3v) is 4.69. The molecule has 186 valence electrons. The van der Waals surface area contributed by atoms with Crippen molar-refractivity contribution in [2.45, 2.75) is 31.1 Å². The van der Waals surface area contributed by atoms with Gasteiger partial charge in [0.25, 0.3) is 12.1 Å². The highest BCUT2D eigenvalue weighted by Gasteiger charge is 2.44. The number of halogens is 3. The van der Waals surface area contributed by atoms with Gasteiger partial charge < -0.3 is 30.6 Å². The van der Waals surface area contributed by atoms with E-state index in [0.717, 1.165) is 22.9 Å². The fourth-order valence-corrected chi connectivity index (χ4v) is 3.13. The molecular formula is C17H18ClF2N5O9. The van der Waals surface area contributed by atoms with Crippen LogP contribution in [0, 0.1) is 21.9 Å². The molecule has 1 fully saturated rings. The Morgan fingerprint density at radius 2 is 1.85 bits per heavy atom. The first kappa shape index (κ1) is 25.8. The Morgan fingerprint density at radius 3 is 2.47 bits per heavy atom. The molecule has 5 N–H and O–H groups in total. The number of anilines is 1. The van der Waals surface area contributed by atoms with Crippen LogP contribution in [-0.2, 0) is 11.3 Å². The van der Waals surface area contributed by atoms with E-state index in [9.17, 15) is 24.1 Å². The van der Waals surface area contributed by atoms with Gasteiger partial charge in [0.2, 0.25) is 11.2 Å². The molecule has 3 heterocycles. The number of rotatable bonds is 5. The van der Waals surface area contributed by atoms with E-state index in [4.69, 9.17) is 33.9 Å². The summed E-state index contributed by atoms with van der Waals surface area (Å²) >= 11 is 0. The maximum atomic E-state index is 13.7. The Labute approximate surface area is 191 Å². The summed E-state index contributed by atoms with van der Waals surface area (Å²) in [4.78, 5) is 13.7. The summed E-state index contributed by atoms with van der Waals surface area (Å²) in [5.41, 5.74) is 6.46. The van der Waals surface area contributed by atoms with Gasteiger partial charge in [0.1, 0.15) is 36.3 Å². The van der Waals surface area contributed by atoms with Gasteiger partial charge in [-0.25, -0.2) is 32.4 Å². The minimum absolute atomic E-state index is 0.00552. The molecule has 0 amide bonds. The van der Waals surface area contributed by atoms with E-state index in [1.807, 2.05) is 0 Å². The predicted molar refractivity (Wildman–Crippen MR) is 91.8 cm³/mol. The number of aliphatic hydroxyl groups is 3. The number of hydrogen-bond donors (Lipinski definition) is 4. The Balaban J connectivity index is 0.000000588. The molecule has 14 nitrogen and oxygen atoms in total. The normalized spacial score (nSPS) is 22.5. The quantitative estimate of drug-likeness (QED) is 0.235. The summed E-state index contributed by atoms with van der Waals surface area (Å²) < 4.78 is 68.9. The van der Waals surface area contributed by atoms with Gasteiger partial charge in [-0.05, 0) is 18.2 Å². The molecule has 1 saturated heterocycles. The molecule has 0 unspecified atom stereocenters. The topological polar surface area (TPSA) is 232 Å². The summed E-state index contributed by atoms with van der Waals surface area (Å²) in [7, 11) is -4.94. The zero-order valence-corrected chi connectivity index (χ0v) is 17.7. The lowest BCUT2D eigenvalue weighted by Crippen LogP contribution is -2.68. The van der Waals surface area contributed by atoms with E-state index in [1.54, 1.807) is 0 Å². The van der Waals surface area contributed by atoms with Crippen molar-refractivity contribution < 1.29 is 67.3 Å². The summed E-state index contributed by atoms with van der Waals surface area (Å²) in [5, 5.41) is 29.3. The molecule has 17 heteroatoms. The number of aliphatic hydroxyl groups excluding tert-OH is 3. The molecule has 4 rings (SSSR count). The second-order valence-electron chi connectivity index (χ2n) is 6.90. The summed E-state index contributed by atoms with van der Waals surface area (Å²) in [5.74, 6) is -1.21. The molecule has 0 bridgehead atoms. The smallest absolute Gasteiger partial charge is 0.289 e. The van der Waals surface area contributed by atoms with Crippen molar-refractivity contribution in [2.24, 2.45) is 0 Å². The highest BCUT2D eigenvalue weighted by molar-refractivity contribution is 5.79. The van der Waals surface area contributed by atoms with Crippen LogP contribution in [0.25, 0.3) is 11.2 Å². The Bertz CT molecular complexity index is 1140. The summed E-state index contributed by atoms with van der Waals surface area (Å²) in [6, 6.07) is 3.00. The summed E-state index contributed by atoms with van der Waals surface area (Å²) in [6.45, 7) is -0.775. The van der Waals surface area contributed by atoms with Crippen LogP contribution in [0.4, 0.5) is 14.6 Å². The van der Waals surface area contributed by atoms with Crippen LogP contribution in [0.5, 0.6) is 0 Å². The van der Waals surface area contributed by atoms with Crippen molar-refractivity contribution in [1.82, 2.24) is 14.5 Å². The lowest BCUT2D eigenvalue weighted by molar-refractivity contribution is -2.00. The number of nitrogen functional groups attached to an aromatic ring is 1. The van der Waals surface area contributed by atoms with Gasteiger partial charge in [-0.2, -0.15) is 0 Å². The fraction of sp³-hybridized carbons (Fsp3) is 0.353. The molecule has 34 heavy (non-hydrogen) atoms. The number of ether oxygens (including phenoxy) is 1. The van der Waals surface area contributed by atoms with Crippen molar-refractivity contribution in [3.8, 4) is 0 Å². The average Bonchev–Trinajstić information content (AvgIpc) is 3.30. The molecular weight excluding hydrogens is 492 g/mol. The Morgan fingerprint density at radius 1 is 1.18 bits per heavy atom. The largest absolute Gasteiger partial charge is 0.394 e. The first-order chi connectivity index (χ1) is 15.9. The molecule has 2 aromatic heterocycles. The Hall–Kier alpha value is -2.80. The summed E-state index contributed by atoms with van der Waals surface area (Å²) in [6.07, 6.45) is -2.07.